The molecule has 1 aromatic rings. The summed E-state index contributed by atoms with van der Waals surface area (Å²) in [5, 5.41) is 12.8. The average molecular weight is 263 g/mol. The van der Waals surface area contributed by atoms with Gasteiger partial charge in [-0.3, -0.25) is 9.59 Å². The van der Waals surface area contributed by atoms with E-state index in [2.05, 4.69) is 10.5 Å². The normalized spacial score (nSPS) is 10.4. The molecule has 0 spiro atoms. The van der Waals surface area contributed by atoms with E-state index in [1.807, 2.05) is 0 Å². The highest BCUT2D eigenvalue weighted by Crippen LogP contribution is 2.07. The molecule has 19 heavy (non-hydrogen) atoms. The highest BCUT2D eigenvalue weighted by Gasteiger charge is 2.18. The van der Waals surface area contributed by atoms with E-state index in [0.717, 1.165) is 0 Å². The van der Waals surface area contributed by atoms with Crippen LogP contribution in [0, 0.1) is 0 Å². The Morgan fingerprint density at radius 1 is 1.26 bits per heavy atom. The van der Waals surface area contributed by atoms with Crippen LogP contribution < -0.4 is 5.43 Å². The predicted molar refractivity (Wildman–Crippen MR) is 71.8 cm³/mol. The molecular formula is C13H17N3O3. The first-order chi connectivity index (χ1) is 9.08. The second-order valence-electron chi connectivity index (χ2n) is 3.77. The van der Waals surface area contributed by atoms with Gasteiger partial charge in [-0.25, -0.2) is 5.43 Å². The number of rotatable bonds is 4. The SMILES string of the molecule is CCN(CC)C(=O)C(=O)NN=Cc1ccc(O)cc1. The van der Waals surface area contributed by atoms with Crippen LogP contribution in [0.3, 0.4) is 0 Å². The summed E-state index contributed by atoms with van der Waals surface area (Å²) in [4.78, 5) is 24.5. The number of likely N-dealkylation sites (N-methyl/N-ethyl adjacent to an activating group) is 1. The lowest BCUT2D eigenvalue weighted by atomic mass is 10.2. The first-order valence-electron chi connectivity index (χ1n) is 5.99. The molecule has 0 aliphatic carbocycles. The summed E-state index contributed by atoms with van der Waals surface area (Å²) in [5.74, 6) is -1.22. The molecule has 0 atom stereocenters. The van der Waals surface area contributed by atoms with Crippen molar-refractivity contribution >= 4 is 18.0 Å². The molecule has 1 aromatic carbocycles. The van der Waals surface area contributed by atoms with Crippen molar-refractivity contribution in [2.45, 2.75) is 13.8 Å². The van der Waals surface area contributed by atoms with Gasteiger partial charge >= 0.3 is 11.8 Å². The van der Waals surface area contributed by atoms with Gasteiger partial charge in [-0.1, -0.05) is 0 Å². The van der Waals surface area contributed by atoms with Crippen LogP contribution in [-0.2, 0) is 9.59 Å². The van der Waals surface area contributed by atoms with Crippen LogP contribution in [-0.4, -0.2) is 41.1 Å². The molecule has 6 nitrogen and oxygen atoms in total. The minimum absolute atomic E-state index is 0.151. The van der Waals surface area contributed by atoms with Gasteiger partial charge in [0.1, 0.15) is 5.75 Å². The Balaban J connectivity index is 2.54. The number of benzene rings is 1. The van der Waals surface area contributed by atoms with Gasteiger partial charge < -0.3 is 10.0 Å². The minimum Gasteiger partial charge on any atom is -0.508 e. The van der Waals surface area contributed by atoms with Crippen molar-refractivity contribution < 1.29 is 14.7 Å². The smallest absolute Gasteiger partial charge is 0.329 e. The molecule has 2 amide bonds. The Hall–Kier alpha value is -2.37. The predicted octanol–water partition coefficient (Wildman–Crippen LogP) is 0.711. The number of hydrazone groups is 1. The van der Waals surface area contributed by atoms with Crippen LogP contribution in [0.15, 0.2) is 29.4 Å². The van der Waals surface area contributed by atoms with E-state index < -0.39 is 11.8 Å². The number of carbonyl (C=O) groups is 2. The van der Waals surface area contributed by atoms with E-state index in [9.17, 15) is 9.59 Å². The van der Waals surface area contributed by atoms with E-state index in [4.69, 9.17) is 5.11 Å². The molecule has 0 bridgehead atoms. The molecule has 6 heteroatoms. The Morgan fingerprint density at radius 3 is 2.37 bits per heavy atom. The highest BCUT2D eigenvalue weighted by molar-refractivity contribution is 6.34. The van der Waals surface area contributed by atoms with Crippen LogP contribution in [0.25, 0.3) is 0 Å². The van der Waals surface area contributed by atoms with Gasteiger partial charge in [0.05, 0.1) is 6.21 Å². The molecular weight excluding hydrogens is 246 g/mol. The van der Waals surface area contributed by atoms with E-state index in [-0.39, 0.29) is 5.75 Å². The third kappa shape index (κ3) is 4.42. The number of phenolic OH excluding ortho intramolecular Hbond substituents is 1. The lowest BCUT2D eigenvalue weighted by Gasteiger charge is -2.16. The number of amides is 2. The number of hydrogen-bond acceptors (Lipinski definition) is 4. The summed E-state index contributed by atoms with van der Waals surface area (Å²) >= 11 is 0. The third-order valence-corrected chi connectivity index (χ3v) is 2.52. The van der Waals surface area contributed by atoms with Crippen molar-refractivity contribution in [3.05, 3.63) is 29.8 Å². The van der Waals surface area contributed by atoms with Gasteiger partial charge in [-0.05, 0) is 43.7 Å². The Bertz CT molecular complexity index is 465. The van der Waals surface area contributed by atoms with Crippen LogP contribution in [0.2, 0.25) is 0 Å². The van der Waals surface area contributed by atoms with Crippen molar-refractivity contribution in [3.63, 3.8) is 0 Å². The van der Waals surface area contributed by atoms with Crippen LogP contribution >= 0.6 is 0 Å². The van der Waals surface area contributed by atoms with Crippen molar-refractivity contribution in [1.82, 2.24) is 10.3 Å². The maximum Gasteiger partial charge on any atom is 0.329 e. The molecule has 0 heterocycles. The molecule has 2 N–H and O–H groups in total. The van der Waals surface area contributed by atoms with Gasteiger partial charge in [-0.2, -0.15) is 5.10 Å². The number of nitrogens with zero attached hydrogens (tertiary/aromatic N) is 2. The fraction of sp³-hybridized carbons (Fsp3) is 0.308. The number of aromatic hydroxyl groups is 1. The topological polar surface area (TPSA) is 82.0 Å². The molecule has 0 unspecified atom stereocenters. The van der Waals surface area contributed by atoms with Crippen molar-refractivity contribution in [1.29, 1.82) is 0 Å². The van der Waals surface area contributed by atoms with Crippen molar-refractivity contribution in [3.8, 4) is 5.75 Å². The zero-order chi connectivity index (χ0) is 14.3. The number of carbonyl (C=O) groups excluding carboxylic acids is 2. The summed E-state index contributed by atoms with van der Waals surface area (Å²) < 4.78 is 0. The summed E-state index contributed by atoms with van der Waals surface area (Å²) in [5.41, 5.74) is 2.87. The zero-order valence-electron chi connectivity index (χ0n) is 11.0. The highest BCUT2D eigenvalue weighted by atomic mass is 16.3. The quantitative estimate of drug-likeness (QED) is 0.477. The number of hydrogen-bond donors (Lipinski definition) is 2. The van der Waals surface area contributed by atoms with Gasteiger partial charge in [0.25, 0.3) is 0 Å². The first kappa shape index (κ1) is 14.7. The summed E-state index contributed by atoms with van der Waals surface area (Å²) in [7, 11) is 0. The van der Waals surface area contributed by atoms with Gasteiger partial charge in [0.2, 0.25) is 0 Å². The largest absolute Gasteiger partial charge is 0.508 e. The molecule has 0 aliphatic rings. The first-order valence-corrected chi connectivity index (χ1v) is 5.99. The Kier molecular flexibility index (Phi) is 5.53. The molecule has 102 valence electrons. The summed E-state index contributed by atoms with van der Waals surface area (Å²) in [6.45, 7) is 4.55. The molecule has 0 radical (unpaired) electrons. The molecule has 0 fully saturated rings. The summed E-state index contributed by atoms with van der Waals surface area (Å²) in [6.07, 6.45) is 1.40. The van der Waals surface area contributed by atoms with Crippen molar-refractivity contribution in [2.75, 3.05) is 13.1 Å². The molecule has 1 rings (SSSR count). The Labute approximate surface area is 111 Å². The van der Waals surface area contributed by atoms with Crippen molar-refractivity contribution in [2.24, 2.45) is 5.10 Å². The Morgan fingerprint density at radius 2 is 1.84 bits per heavy atom. The maximum absolute atomic E-state index is 11.6. The van der Waals surface area contributed by atoms with E-state index in [1.165, 1.54) is 23.2 Å². The van der Waals surface area contributed by atoms with Crippen LogP contribution in [0.1, 0.15) is 19.4 Å². The van der Waals surface area contributed by atoms with Crippen LogP contribution in [0.5, 0.6) is 5.75 Å². The summed E-state index contributed by atoms with van der Waals surface area (Å²) in [6, 6.07) is 6.28. The van der Waals surface area contributed by atoms with E-state index in [0.29, 0.717) is 18.7 Å². The second-order valence-corrected chi connectivity index (χ2v) is 3.77. The monoisotopic (exact) mass is 263 g/mol. The second kappa shape index (κ2) is 7.15. The third-order valence-electron chi connectivity index (χ3n) is 2.52. The number of phenols is 1. The standard InChI is InChI=1S/C13H17N3O3/c1-3-16(4-2)13(19)12(18)15-14-9-10-5-7-11(17)8-6-10/h5-9,17H,3-4H2,1-2H3,(H,15,18). The van der Waals surface area contributed by atoms with Crippen LogP contribution in [0.4, 0.5) is 0 Å². The van der Waals surface area contributed by atoms with E-state index in [1.54, 1.807) is 26.0 Å². The molecule has 0 aliphatic heterocycles. The average Bonchev–Trinajstić information content (AvgIpc) is 2.42. The number of nitrogens with one attached hydrogen (secondary N) is 1. The van der Waals surface area contributed by atoms with Gasteiger partial charge in [0.15, 0.2) is 0 Å². The zero-order valence-corrected chi connectivity index (χ0v) is 11.0. The van der Waals surface area contributed by atoms with E-state index >= 15 is 0 Å². The van der Waals surface area contributed by atoms with Gasteiger partial charge in [0, 0.05) is 13.1 Å². The fourth-order valence-electron chi connectivity index (χ4n) is 1.43. The van der Waals surface area contributed by atoms with Gasteiger partial charge in [-0.15, -0.1) is 0 Å². The maximum atomic E-state index is 11.6. The minimum atomic E-state index is -0.765. The molecule has 0 aromatic heterocycles. The molecule has 0 saturated carbocycles. The fourth-order valence-corrected chi connectivity index (χ4v) is 1.43. The molecule has 0 saturated heterocycles. The lowest BCUT2D eigenvalue weighted by molar-refractivity contribution is -0.145. The lowest BCUT2D eigenvalue weighted by Crippen LogP contribution is -2.41.